The second-order valence-electron chi connectivity index (χ2n) is 8.56. The molecule has 0 aromatic heterocycles. The number of aliphatic hydroxyl groups is 2. The molecule has 0 spiro atoms. The van der Waals surface area contributed by atoms with Gasteiger partial charge in [-0.3, -0.25) is 9.59 Å². The van der Waals surface area contributed by atoms with Gasteiger partial charge >= 0.3 is 5.97 Å². The number of hydrogen-bond acceptors (Lipinski definition) is 5. The average Bonchev–Trinajstić information content (AvgIpc) is 3.00. The third-order valence-corrected chi connectivity index (χ3v) is 5.62. The Kier molecular flexibility index (Phi) is 10.7. The van der Waals surface area contributed by atoms with Gasteiger partial charge in [-0.2, -0.15) is 0 Å². The quantitative estimate of drug-likeness (QED) is 0.226. The van der Waals surface area contributed by atoms with E-state index >= 15 is 0 Å². The van der Waals surface area contributed by atoms with Gasteiger partial charge in [0.1, 0.15) is 0 Å². The highest BCUT2D eigenvalue weighted by Gasteiger charge is 2.39. The van der Waals surface area contributed by atoms with Gasteiger partial charge in [-0.15, -0.1) is 0 Å². The van der Waals surface area contributed by atoms with Crippen molar-refractivity contribution in [3.63, 3.8) is 0 Å². The van der Waals surface area contributed by atoms with Gasteiger partial charge in [0, 0.05) is 25.2 Å². The van der Waals surface area contributed by atoms with E-state index in [9.17, 15) is 19.8 Å². The standard InChI is InChI=1S/C26H36O5/c1-19(2)31-26(30)13-9-4-3-8-12-22-23(25(29)18-24(22)28)17-16-21(27)15-14-20-10-6-5-7-11-20/h3,5-8,10-11,16-17,19,22-25,28-29H,4,9,12-15,18H2,1-2H3/b8-3-,17-16+/t22-,23+,24-,25-/m0/s1. The van der Waals surface area contributed by atoms with Crippen LogP contribution in [0, 0.1) is 11.8 Å². The monoisotopic (exact) mass is 428 g/mol. The van der Waals surface area contributed by atoms with Crippen molar-refractivity contribution in [1.29, 1.82) is 0 Å². The minimum Gasteiger partial charge on any atom is -0.463 e. The second kappa shape index (κ2) is 13.2. The van der Waals surface area contributed by atoms with Crippen molar-refractivity contribution in [2.75, 3.05) is 0 Å². The number of esters is 1. The summed E-state index contributed by atoms with van der Waals surface area (Å²) in [5.41, 5.74) is 1.13. The SMILES string of the molecule is CC(C)OC(=O)CCC/C=C\C[C@H]1[C@@H](/C=C/C(=O)CCc2ccccc2)[C@@H](O)C[C@@H]1O. The molecule has 0 unspecified atom stereocenters. The molecule has 31 heavy (non-hydrogen) atoms. The molecular weight excluding hydrogens is 392 g/mol. The maximum atomic E-state index is 12.2. The molecule has 2 N–H and O–H groups in total. The topological polar surface area (TPSA) is 83.8 Å². The molecule has 1 aliphatic carbocycles. The summed E-state index contributed by atoms with van der Waals surface area (Å²) >= 11 is 0. The van der Waals surface area contributed by atoms with E-state index < -0.39 is 12.2 Å². The lowest BCUT2D eigenvalue weighted by Gasteiger charge is -2.19. The van der Waals surface area contributed by atoms with Gasteiger partial charge in [0.15, 0.2) is 5.78 Å². The van der Waals surface area contributed by atoms with Crippen molar-refractivity contribution in [3.05, 3.63) is 60.2 Å². The molecule has 0 aliphatic heterocycles. The summed E-state index contributed by atoms with van der Waals surface area (Å²) in [6, 6.07) is 9.88. The molecule has 5 nitrogen and oxygen atoms in total. The lowest BCUT2D eigenvalue weighted by atomic mass is 9.89. The number of unbranched alkanes of at least 4 members (excludes halogenated alkanes) is 1. The molecule has 0 radical (unpaired) electrons. The number of aryl methyl sites for hydroxylation is 1. The first-order valence-electron chi connectivity index (χ1n) is 11.3. The minimum absolute atomic E-state index is 0.0278. The highest BCUT2D eigenvalue weighted by Crippen LogP contribution is 2.36. The molecule has 0 saturated heterocycles. The van der Waals surface area contributed by atoms with Gasteiger partial charge in [0.2, 0.25) is 0 Å². The summed E-state index contributed by atoms with van der Waals surface area (Å²) in [4.78, 5) is 23.8. The van der Waals surface area contributed by atoms with Gasteiger partial charge < -0.3 is 14.9 Å². The molecule has 0 amide bonds. The molecule has 0 bridgehead atoms. The largest absolute Gasteiger partial charge is 0.463 e. The van der Waals surface area contributed by atoms with E-state index in [0.717, 1.165) is 18.4 Å². The van der Waals surface area contributed by atoms with Crippen molar-refractivity contribution in [2.24, 2.45) is 11.8 Å². The fourth-order valence-corrected chi connectivity index (χ4v) is 3.98. The fourth-order valence-electron chi connectivity index (χ4n) is 3.98. The summed E-state index contributed by atoms with van der Waals surface area (Å²) in [5, 5.41) is 20.7. The van der Waals surface area contributed by atoms with E-state index in [1.165, 1.54) is 0 Å². The number of ketones is 1. The molecule has 1 aromatic rings. The Labute approximate surface area is 185 Å². The summed E-state index contributed by atoms with van der Waals surface area (Å²) < 4.78 is 5.11. The van der Waals surface area contributed by atoms with E-state index in [-0.39, 0.29) is 29.7 Å². The Morgan fingerprint density at radius 1 is 1.10 bits per heavy atom. The van der Waals surface area contributed by atoms with E-state index in [0.29, 0.717) is 32.1 Å². The van der Waals surface area contributed by atoms with E-state index in [1.54, 1.807) is 12.2 Å². The lowest BCUT2D eigenvalue weighted by Crippen LogP contribution is -2.20. The normalized spacial score (nSPS) is 23.8. The van der Waals surface area contributed by atoms with E-state index in [1.807, 2.05) is 56.3 Å². The maximum absolute atomic E-state index is 12.2. The minimum atomic E-state index is -0.641. The Morgan fingerprint density at radius 2 is 1.84 bits per heavy atom. The van der Waals surface area contributed by atoms with Gasteiger partial charge in [-0.1, -0.05) is 48.6 Å². The van der Waals surface area contributed by atoms with Crippen LogP contribution >= 0.6 is 0 Å². The maximum Gasteiger partial charge on any atom is 0.306 e. The zero-order valence-corrected chi connectivity index (χ0v) is 18.7. The molecule has 1 aliphatic rings. The van der Waals surface area contributed by atoms with Gasteiger partial charge in [-0.25, -0.2) is 0 Å². The first-order chi connectivity index (χ1) is 14.9. The van der Waals surface area contributed by atoms with Crippen LogP contribution in [0.25, 0.3) is 0 Å². The van der Waals surface area contributed by atoms with Crippen molar-refractivity contribution < 1.29 is 24.5 Å². The molecule has 5 heteroatoms. The summed E-state index contributed by atoms with van der Waals surface area (Å²) in [5.74, 6) is -0.503. The van der Waals surface area contributed by atoms with Crippen LogP contribution in [0.3, 0.4) is 0 Å². The van der Waals surface area contributed by atoms with Crippen LogP contribution in [0.1, 0.15) is 57.9 Å². The molecule has 4 atom stereocenters. The summed E-state index contributed by atoms with van der Waals surface area (Å²) in [6.07, 6.45) is 9.96. The third kappa shape index (κ3) is 9.19. The highest BCUT2D eigenvalue weighted by molar-refractivity contribution is 5.89. The van der Waals surface area contributed by atoms with Crippen LogP contribution in [0.2, 0.25) is 0 Å². The van der Waals surface area contributed by atoms with Crippen molar-refractivity contribution >= 4 is 11.8 Å². The average molecular weight is 429 g/mol. The Morgan fingerprint density at radius 3 is 2.55 bits per heavy atom. The van der Waals surface area contributed by atoms with Crippen molar-refractivity contribution in [2.45, 2.75) is 77.1 Å². The van der Waals surface area contributed by atoms with Crippen molar-refractivity contribution in [3.8, 4) is 0 Å². The molecule has 1 aromatic carbocycles. The number of ether oxygens (including phenoxy) is 1. The first kappa shape index (κ1) is 25.0. The number of aliphatic hydroxyl groups excluding tert-OH is 2. The molecular formula is C26H36O5. The summed E-state index contributed by atoms with van der Waals surface area (Å²) in [7, 11) is 0. The number of benzene rings is 1. The number of allylic oxidation sites excluding steroid dienone is 3. The molecule has 2 rings (SSSR count). The van der Waals surface area contributed by atoms with Crippen LogP contribution in [-0.4, -0.2) is 40.3 Å². The molecule has 170 valence electrons. The predicted octanol–water partition coefficient (Wildman–Crippen LogP) is 4.17. The van der Waals surface area contributed by atoms with Crippen LogP contribution in [-0.2, 0) is 20.7 Å². The summed E-state index contributed by atoms with van der Waals surface area (Å²) in [6.45, 7) is 3.67. The lowest BCUT2D eigenvalue weighted by molar-refractivity contribution is -0.147. The smallest absolute Gasteiger partial charge is 0.306 e. The molecule has 1 saturated carbocycles. The van der Waals surface area contributed by atoms with Gasteiger partial charge in [-0.05, 0) is 57.1 Å². The zero-order valence-electron chi connectivity index (χ0n) is 18.7. The predicted molar refractivity (Wildman–Crippen MR) is 121 cm³/mol. The van der Waals surface area contributed by atoms with Crippen LogP contribution < -0.4 is 0 Å². The molecule has 0 heterocycles. The Hall–Kier alpha value is -2.24. The van der Waals surface area contributed by atoms with Crippen LogP contribution in [0.4, 0.5) is 0 Å². The third-order valence-electron chi connectivity index (χ3n) is 5.62. The van der Waals surface area contributed by atoms with Gasteiger partial charge in [0.25, 0.3) is 0 Å². The Balaban J connectivity index is 1.77. The number of carbonyl (C=O) groups is 2. The number of rotatable bonds is 12. The van der Waals surface area contributed by atoms with E-state index in [4.69, 9.17) is 4.74 Å². The highest BCUT2D eigenvalue weighted by atomic mass is 16.5. The Bertz CT molecular complexity index is 737. The molecule has 1 fully saturated rings. The van der Waals surface area contributed by atoms with Crippen molar-refractivity contribution in [1.82, 2.24) is 0 Å². The van der Waals surface area contributed by atoms with Gasteiger partial charge in [0.05, 0.1) is 18.3 Å². The zero-order chi connectivity index (χ0) is 22.6. The fraction of sp³-hybridized carbons (Fsp3) is 0.538. The number of hydrogen-bond donors (Lipinski definition) is 2. The van der Waals surface area contributed by atoms with E-state index in [2.05, 4.69) is 0 Å². The van der Waals surface area contributed by atoms with Crippen LogP contribution in [0.15, 0.2) is 54.6 Å². The number of carbonyl (C=O) groups excluding carboxylic acids is 2. The first-order valence-corrected chi connectivity index (χ1v) is 11.3. The second-order valence-corrected chi connectivity index (χ2v) is 8.56. The van der Waals surface area contributed by atoms with Crippen LogP contribution in [0.5, 0.6) is 0 Å².